The van der Waals surface area contributed by atoms with Crippen molar-refractivity contribution >= 4 is 28.7 Å². The van der Waals surface area contributed by atoms with E-state index >= 15 is 0 Å². The van der Waals surface area contributed by atoms with Gasteiger partial charge in [-0.15, -0.1) is 0 Å². The Morgan fingerprint density at radius 1 is 0.857 bits per heavy atom. The first-order valence-corrected chi connectivity index (χ1v) is 10.1. The molecule has 2 aromatic rings. The van der Waals surface area contributed by atoms with Gasteiger partial charge in [-0.25, -0.2) is 0 Å². The molecule has 0 fully saturated rings. The molecule has 0 bridgehead atoms. The van der Waals surface area contributed by atoms with Crippen LogP contribution in [0.5, 0.6) is 0 Å². The van der Waals surface area contributed by atoms with E-state index in [4.69, 9.17) is 0 Å². The number of benzene rings is 2. The molecular weight excluding hydrogens is 348 g/mol. The van der Waals surface area contributed by atoms with Crippen molar-refractivity contribution < 1.29 is 4.79 Å². The lowest BCUT2D eigenvalue weighted by Gasteiger charge is -2.20. The van der Waals surface area contributed by atoms with Crippen LogP contribution in [0, 0.1) is 5.92 Å². The summed E-state index contributed by atoms with van der Waals surface area (Å²) >= 11 is 0. The zero-order valence-electron chi connectivity index (χ0n) is 17.4. The molecule has 148 valence electrons. The monoisotopic (exact) mass is 379 g/mol. The Labute approximate surface area is 168 Å². The summed E-state index contributed by atoms with van der Waals surface area (Å²) in [7, 11) is 0. The van der Waals surface area contributed by atoms with Gasteiger partial charge in [0.2, 0.25) is 0 Å². The van der Waals surface area contributed by atoms with Gasteiger partial charge < -0.3 is 10.2 Å². The standard InChI is InChI=1S/C23H30N4O/c1-5-18(6-2)17-23(28)24-19-9-11-20(12-10-19)25-26-21-13-15-22(16-14-21)27(7-3)8-4/h9-16H,5-8,17H2,1-4H3/p+1. The largest absolute Gasteiger partial charge is 0.372 e. The van der Waals surface area contributed by atoms with Crippen LogP contribution in [0.4, 0.5) is 22.7 Å². The van der Waals surface area contributed by atoms with Crippen LogP contribution >= 0.6 is 0 Å². The smallest absolute Gasteiger partial charge is 0.269 e. The minimum atomic E-state index is 0.0290. The average molecular weight is 380 g/mol. The number of nitrogens with zero attached hydrogens (tertiary/aromatic N) is 3. The lowest BCUT2D eigenvalue weighted by molar-refractivity contribution is -0.116. The second-order valence-electron chi connectivity index (χ2n) is 6.62. The highest BCUT2D eigenvalue weighted by molar-refractivity contribution is 5.92. The molecule has 1 amide bonds. The van der Waals surface area contributed by atoms with Gasteiger partial charge in [0.25, 0.3) is 5.91 Å². The Balaban J connectivity index is 1.93. The van der Waals surface area contributed by atoms with Crippen LogP contribution in [0.3, 0.4) is 0 Å². The van der Waals surface area contributed by atoms with Crippen LogP contribution in [0.2, 0.25) is 0 Å². The van der Waals surface area contributed by atoms with Crippen molar-refractivity contribution in [2.75, 3.05) is 23.3 Å². The first-order valence-electron chi connectivity index (χ1n) is 10.1. The number of amides is 1. The summed E-state index contributed by atoms with van der Waals surface area (Å²) in [6.45, 7) is 10.4. The third kappa shape index (κ3) is 6.41. The fourth-order valence-corrected chi connectivity index (χ4v) is 2.98. The van der Waals surface area contributed by atoms with Gasteiger partial charge in [0.05, 0.1) is 30.1 Å². The molecule has 28 heavy (non-hydrogen) atoms. The first-order chi connectivity index (χ1) is 13.6. The van der Waals surface area contributed by atoms with Crippen molar-refractivity contribution in [3.05, 3.63) is 54.4 Å². The molecule has 2 aromatic carbocycles. The van der Waals surface area contributed by atoms with Gasteiger partial charge in [-0.2, -0.15) is 10.2 Å². The summed E-state index contributed by atoms with van der Waals surface area (Å²) in [6.07, 6.45) is 2.37. The molecule has 0 aliphatic carbocycles. The molecule has 0 aromatic heterocycles. The summed E-state index contributed by atoms with van der Waals surface area (Å²) in [5.74, 6) is 1.29. The van der Waals surface area contributed by atoms with E-state index in [-0.39, 0.29) is 5.91 Å². The van der Waals surface area contributed by atoms with Crippen LogP contribution in [-0.2, 0) is 4.79 Å². The van der Waals surface area contributed by atoms with Crippen LogP contribution in [0.1, 0.15) is 47.0 Å². The number of hydrogen-bond donors (Lipinski definition) is 1. The maximum atomic E-state index is 12.1. The fraction of sp³-hybridized carbons (Fsp3) is 0.391. The predicted octanol–water partition coefficient (Wildman–Crippen LogP) is 6.67. The third-order valence-corrected chi connectivity index (χ3v) is 4.82. The molecule has 2 rings (SSSR count). The molecule has 0 saturated heterocycles. The Hall–Kier alpha value is -2.82. The molecule has 0 aliphatic rings. The van der Waals surface area contributed by atoms with Crippen LogP contribution in [0.25, 0.3) is 0 Å². The van der Waals surface area contributed by atoms with E-state index in [9.17, 15) is 4.79 Å². The molecule has 0 atom stereocenters. The number of carbonyl (C=O) groups is 1. The van der Waals surface area contributed by atoms with Crippen molar-refractivity contribution in [1.29, 1.82) is 0 Å². The molecule has 1 N–H and O–H groups in total. The van der Waals surface area contributed by atoms with Gasteiger partial charge in [-0.1, -0.05) is 0 Å². The predicted molar refractivity (Wildman–Crippen MR) is 118 cm³/mol. The highest BCUT2D eigenvalue weighted by atomic mass is 16.1. The first kappa shape index (κ1) is 21.5. The minimum Gasteiger partial charge on any atom is -0.372 e. The summed E-state index contributed by atoms with van der Waals surface area (Å²) in [5.41, 5.74) is 3.53. The number of anilines is 2. The fourth-order valence-electron chi connectivity index (χ4n) is 2.98. The second-order valence-corrected chi connectivity index (χ2v) is 6.62. The van der Waals surface area contributed by atoms with E-state index in [1.54, 1.807) is 0 Å². The summed E-state index contributed by atoms with van der Waals surface area (Å²) in [5, 5.41) is 11.5. The van der Waals surface area contributed by atoms with Crippen LogP contribution in [0.15, 0.2) is 58.8 Å². The van der Waals surface area contributed by atoms with E-state index < -0.39 is 0 Å². The van der Waals surface area contributed by atoms with Crippen molar-refractivity contribution in [3.63, 3.8) is 0 Å². The molecule has 0 saturated carbocycles. The lowest BCUT2D eigenvalue weighted by atomic mass is 9.99. The maximum absolute atomic E-state index is 12.1. The summed E-state index contributed by atoms with van der Waals surface area (Å²) in [6, 6.07) is 15.5. The van der Waals surface area contributed by atoms with Gasteiger partial charge in [-0.05, 0) is 76.2 Å². The van der Waals surface area contributed by atoms with Crippen molar-refractivity contribution in [2.24, 2.45) is 10.2 Å². The Morgan fingerprint density at radius 3 is 1.82 bits per heavy atom. The zero-order chi connectivity index (χ0) is 20.4. The van der Waals surface area contributed by atoms with Crippen molar-refractivity contribution in [1.82, 2.24) is 0 Å². The Morgan fingerprint density at radius 2 is 1.36 bits per heavy atom. The number of nitrogens with one attached hydrogen (secondary N) is 1. The second kappa shape index (κ2) is 11.1. The van der Waals surface area contributed by atoms with Gasteiger partial charge >= 0.3 is 0 Å². The highest BCUT2D eigenvalue weighted by Crippen LogP contribution is 2.23. The Kier molecular flexibility index (Phi) is 8.53. The molecule has 5 nitrogen and oxygen atoms in total. The molecule has 0 spiro atoms. The molecule has 0 heterocycles. The number of hydrogen-bond acceptors (Lipinski definition) is 4. The topological polar surface area (TPSA) is 57.1 Å². The number of rotatable bonds is 10. The van der Waals surface area contributed by atoms with E-state index in [0.717, 1.165) is 43.0 Å². The highest BCUT2D eigenvalue weighted by Gasteiger charge is 2.19. The zero-order valence-corrected chi connectivity index (χ0v) is 17.4. The molecule has 5 heteroatoms. The molecule has 0 radical (unpaired) electrons. The number of azo groups is 1. The third-order valence-electron chi connectivity index (χ3n) is 4.82. The van der Waals surface area contributed by atoms with Crippen LogP contribution in [-0.4, -0.2) is 19.0 Å². The minimum absolute atomic E-state index is 0.0290. The average Bonchev–Trinajstić information content (AvgIpc) is 2.73. The lowest BCUT2D eigenvalue weighted by Crippen LogP contribution is -2.21. The Bertz CT molecular complexity index is 745. The quantitative estimate of drug-likeness (QED) is 0.370. The van der Waals surface area contributed by atoms with Gasteiger partial charge in [-0.3, -0.25) is 4.79 Å². The van der Waals surface area contributed by atoms with Crippen molar-refractivity contribution in [3.8, 4) is 0 Å². The maximum Gasteiger partial charge on any atom is 0.269 e. The normalized spacial score (nSPS) is 10.9. The summed E-state index contributed by atoms with van der Waals surface area (Å²) in [4.78, 5) is 14.4. The van der Waals surface area contributed by atoms with Crippen molar-refractivity contribution in [2.45, 2.75) is 47.0 Å². The van der Waals surface area contributed by atoms with E-state index in [1.165, 1.54) is 11.6 Å². The van der Waals surface area contributed by atoms with Gasteiger partial charge in [0.1, 0.15) is 0 Å². The molecular formula is C23H31N4O+. The molecule has 0 unspecified atom stereocenters. The van der Waals surface area contributed by atoms with E-state index in [2.05, 4.69) is 60.3 Å². The van der Waals surface area contributed by atoms with E-state index in [1.807, 2.05) is 36.4 Å². The van der Waals surface area contributed by atoms with Gasteiger partial charge in [0.15, 0.2) is 6.42 Å². The van der Waals surface area contributed by atoms with Gasteiger partial charge in [0, 0.05) is 24.5 Å². The molecule has 0 aliphatic heterocycles. The van der Waals surface area contributed by atoms with E-state index in [0.29, 0.717) is 6.42 Å². The van der Waals surface area contributed by atoms with Crippen LogP contribution < -0.4 is 10.2 Å². The number of carbonyl (C=O) groups excluding carboxylic acids is 1. The summed E-state index contributed by atoms with van der Waals surface area (Å²) < 4.78 is 0. The SMILES string of the molecule is CC[C+](CC)CC(=O)Nc1ccc(N=Nc2ccc(N(CC)CC)cc2)cc1.